The number of rotatable bonds is 5. The Morgan fingerprint density at radius 1 is 0.833 bits per heavy atom. The van der Waals surface area contributed by atoms with Gasteiger partial charge in [-0.05, 0) is 49.2 Å². The summed E-state index contributed by atoms with van der Waals surface area (Å²) in [6.07, 6.45) is 11.8. The van der Waals surface area contributed by atoms with E-state index < -0.39 is 0 Å². The summed E-state index contributed by atoms with van der Waals surface area (Å²) in [6.45, 7) is 0. The lowest BCUT2D eigenvalue weighted by Crippen LogP contribution is -2.27. The van der Waals surface area contributed by atoms with E-state index in [0.717, 1.165) is 31.4 Å². The first kappa shape index (κ1) is 26.6. The molecule has 5 nitrogen and oxygen atoms in total. The summed E-state index contributed by atoms with van der Waals surface area (Å²) in [5.74, 6) is 0.404. The first-order valence-electron chi connectivity index (χ1n) is 13.0. The molecule has 1 saturated carbocycles. The second kappa shape index (κ2) is 13.2. The van der Waals surface area contributed by atoms with Crippen LogP contribution in [-0.4, -0.2) is 24.2 Å². The summed E-state index contributed by atoms with van der Waals surface area (Å²) in [6, 6.07) is 14.3. The van der Waals surface area contributed by atoms with Gasteiger partial charge in [0.2, 0.25) is 0 Å². The van der Waals surface area contributed by atoms with Crippen molar-refractivity contribution >= 4 is 40.9 Å². The summed E-state index contributed by atoms with van der Waals surface area (Å²) in [5.41, 5.74) is 1.80. The third-order valence-electron chi connectivity index (χ3n) is 7.03. The van der Waals surface area contributed by atoms with Crippen molar-refractivity contribution in [2.24, 2.45) is 5.92 Å². The van der Waals surface area contributed by atoms with Crippen LogP contribution in [0.15, 0.2) is 59.1 Å². The molecule has 0 saturated heterocycles. The third-order valence-corrected chi connectivity index (χ3v) is 8.78. The fourth-order valence-corrected chi connectivity index (χ4v) is 6.84. The molecular weight excluding hydrogens is 492 g/mol. The maximum atomic E-state index is 13.7. The maximum absolute atomic E-state index is 13.7. The van der Waals surface area contributed by atoms with Gasteiger partial charge in [-0.25, -0.2) is 0 Å². The molecule has 4 rings (SSSR count). The standard InChI is InChI=1S/C29H35ClN2O3S/c1-35-21-18-16-20(17-19-21)31-28(34)26-23-13-8-6-4-2-3-5-7-9-15-25(23)36-29(26)32-27(33)22-12-10-11-14-24(22)30/h10-12,14,16-19,23,25H,2-9,13,15H2,1H3,(H,31,34)(H,32,33)/t23-,25-/m0/s1. The van der Waals surface area contributed by atoms with Gasteiger partial charge in [0.05, 0.1) is 28.3 Å². The van der Waals surface area contributed by atoms with Crippen LogP contribution >= 0.6 is 23.4 Å². The smallest absolute Gasteiger partial charge is 0.257 e. The highest BCUT2D eigenvalue weighted by molar-refractivity contribution is 8.04. The lowest BCUT2D eigenvalue weighted by Gasteiger charge is -2.22. The Morgan fingerprint density at radius 2 is 1.47 bits per heavy atom. The Hall–Kier alpha value is -2.44. The molecule has 0 unspecified atom stereocenters. The number of ether oxygens (including phenoxy) is 1. The summed E-state index contributed by atoms with van der Waals surface area (Å²) < 4.78 is 5.24. The van der Waals surface area contributed by atoms with Gasteiger partial charge >= 0.3 is 0 Å². The van der Waals surface area contributed by atoms with E-state index in [1.165, 1.54) is 38.5 Å². The van der Waals surface area contributed by atoms with Crippen LogP contribution in [0.1, 0.15) is 74.6 Å². The number of amides is 2. The second-order valence-corrected chi connectivity index (χ2v) is 11.2. The number of carbonyl (C=O) groups is 2. The average Bonchev–Trinajstić information content (AvgIpc) is 3.21. The molecule has 36 heavy (non-hydrogen) atoms. The highest BCUT2D eigenvalue weighted by Gasteiger charge is 2.39. The van der Waals surface area contributed by atoms with Gasteiger partial charge in [-0.1, -0.05) is 75.1 Å². The topological polar surface area (TPSA) is 67.4 Å². The van der Waals surface area contributed by atoms with Crippen LogP contribution in [0.2, 0.25) is 5.02 Å². The number of methoxy groups -OCH3 is 1. The van der Waals surface area contributed by atoms with Crippen LogP contribution in [-0.2, 0) is 4.79 Å². The molecule has 192 valence electrons. The van der Waals surface area contributed by atoms with Gasteiger partial charge in [0.1, 0.15) is 5.75 Å². The van der Waals surface area contributed by atoms with E-state index in [-0.39, 0.29) is 23.0 Å². The number of fused-ring (bicyclic) bond motifs is 1. The largest absolute Gasteiger partial charge is 0.497 e. The van der Waals surface area contributed by atoms with E-state index in [4.69, 9.17) is 16.3 Å². The van der Waals surface area contributed by atoms with Crippen LogP contribution in [0.3, 0.4) is 0 Å². The molecule has 1 aliphatic heterocycles. The van der Waals surface area contributed by atoms with E-state index in [1.807, 2.05) is 24.3 Å². The molecule has 2 N–H and O–H groups in total. The predicted molar refractivity (Wildman–Crippen MR) is 149 cm³/mol. The SMILES string of the molecule is COc1ccc(NC(=O)C2=C(NC(=O)c3ccccc3Cl)S[C@H]3CCCCCCCCCC[C@H]23)cc1. The number of halogens is 1. The molecule has 1 fully saturated rings. The number of hydrogen-bond acceptors (Lipinski definition) is 4. The van der Waals surface area contributed by atoms with Gasteiger partial charge in [0.15, 0.2) is 0 Å². The molecular formula is C29H35ClN2O3S. The fourth-order valence-electron chi connectivity index (χ4n) is 5.07. The van der Waals surface area contributed by atoms with Gasteiger partial charge in [0, 0.05) is 16.9 Å². The summed E-state index contributed by atoms with van der Waals surface area (Å²) in [5, 5.41) is 7.47. The highest BCUT2D eigenvalue weighted by Crippen LogP contribution is 2.46. The minimum atomic E-state index is -0.282. The Morgan fingerprint density at radius 3 is 2.14 bits per heavy atom. The fraction of sp³-hybridized carbons (Fsp3) is 0.448. The number of nitrogens with one attached hydrogen (secondary N) is 2. The van der Waals surface area contributed by atoms with Crippen molar-refractivity contribution in [3.05, 3.63) is 69.7 Å². The Bertz CT molecular complexity index is 1090. The summed E-state index contributed by atoms with van der Waals surface area (Å²) in [7, 11) is 1.62. The van der Waals surface area contributed by atoms with E-state index in [1.54, 1.807) is 43.1 Å². The van der Waals surface area contributed by atoms with Gasteiger partial charge in [-0.15, -0.1) is 11.8 Å². The van der Waals surface area contributed by atoms with Gasteiger partial charge < -0.3 is 15.4 Å². The Balaban J connectivity index is 1.61. The van der Waals surface area contributed by atoms with Crippen molar-refractivity contribution < 1.29 is 14.3 Å². The lowest BCUT2D eigenvalue weighted by atomic mass is 9.86. The Labute approximate surface area is 223 Å². The molecule has 2 atom stereocenters. The van der Waals surface area contributed by atoms with Crippen LogP contribution in [0, 0.1) is 5.92 Å². The first-order chi connectivity index (χ1) is 17.6. The van der Waals surface area contributed by atoms with E-state index in [0.29, 0.717) is 26.9 Å². The molecule has 0 spiro atoms. The molecule has 1 heterocycles. The van der Waals surface area contributed by atoms with Gasteiger partial charge in [-0.3, -0.25) is 9.59 Å². The number of carbonyl (C=O) groups excluding carboxylic acids is 2. The van der Waals surface area contributed by atoms with Crippen molar-refractivity contribution in [3.8, 4) is 5.75 Å². The molecule has 2 aliphatic rings. The van der Waals surface area contributed by atoms with Gasteiger partial charge in [0.25, 0.3) is 11.8 Å². The first-order valence-corrected chi connectivity index (χ1v) is 14.2. The van der Waals surface area contributed by atoms with E-state index in [2.05, 4.69) is 10.6 Å². The van der Waals surface area contributed by atoms with Crippen LogP contribution in [0.4, 0.5) is 5.69 Å². The molecule has 0 bridgehead atoms. The monoisotopic (exact) mass is 526 g/mol. The lowest BCUT2D eigenvalue weighted by molar-refractivity contribution is -0.113. The number of anilines is 1. The molecule has 2 amide bonds. The summed E-state index contributed by atoms with van der Waals surface area (Å²) in [4.78, 5) is 26.9. The van der Waals surface area contributed by atoms with E-state index >= 15 is 0 Å². The minimum Gasteiger partial charge on any atom is -0.497 e. The highest BCUT2D eigenvalue weighted by atomic mass is 35.5. The summed E-state index contributed by atoms with van der Waals surface area (Å²) >= 11 is 7.95. The average molecular weight is 527 g/mol. The van der Waals surface area contributed by atoms with Crippen molar-refractivity contribution in [2.75, 3.05) is 12.4 Å². The maximum Gasteiger partial charge on any atom is 0.257 e. The van der Waals surface area contributed by atoms with Crippen LogP contribution in [0.5, 0.6) is 5.75 Å². The molecule has 0 radical (unpaired) electrons. The zero-order valence-corrected chi connectivity index (χ0v) is 22.4. The van der Waals surface area contributed by atoms with Crippen molar-refractivity contribution in [3.63, 3.8) is 0 Å². The molecule has 1 aliphatic carbocycles. The van der Waals surface area contributed by atoms with Crippen molar-refractivity contribution in [1.29, 1.82) is 0 Å². The van der Waals surface area contributed by atoms with Crippen LogP contribution in [0.25, 0.3) is 0 Å². The normalized spacial score (nSPS) is 21.1. The molecule has 0 aromatic heterocycles. The zero-order chi connectivity index (χ0) is 25.3. The minimum absolute atomic E-state index is 0.106. The van der Waals surface area contributed by atoms with Gasteiger partial charge in [-0.2, -0.15) is 0 Å². The third kappa shape index (κ3) is 6.86. The van der Waals surface area contributed by atoms with Crippen LogP contribution < -0.4 is 15.4 Å². The number of thioether (sulfide) groups is 1. The van der Waals surface area contributed by atoms with Crippen molar-refractivity contribution in [2.45, 2.75) is 69.5 Å². The number of hydrogen-bond donors (Lipinski definition) is 2. The second-order valence-electron chi connectivity index (χ2n) is 9.53. The molecule has 2 aromatic rings. The quantitative estimate of drug-likeness (QED) is 0.421. The molecule has 2 aromatic carbocycles. The number of benzene rings is 2. The zero-order valence-electron chi connectivity index (χ0n) is 20.9. The van der Waals surface area contributed by atoms with E-state index in [9.17, 15) is 9.59 Å². The predicted octanol–water partition coefficient (Wildman–Crippen LogP) is 7.57. The Kier molecular flexibility index (Phi) is 9.76. The van der Waals surface area contributed by atoms with Crippen molar-refractivity contribution in [1.82, 2.24) is 5.32 Å². The molecule has 7 heteroatoms.